The molecule has 0 aliphatic rings. The maximum atomic E-state index is 13.0. The zero-order valence-electron chi connectivity index (χ0n) is 11.9. The topological polar surface area (TPSA) is 66.4 Å². The molecule has 1 amide bonds. The second kappa shape index (κ2) is 8.77. The normalized spacial score (nSPS) is 12.0. The summed E-state index contributed by atoms with van der Waals surface area (Å²) in [4.78, 5) is 22.5. The number of nitrogens with one attached hydrogen (secondary N) is 1. The predicted octanol–water partition coefficient (Wildman–Crippen LogP) is 3.60. The number of carbonyl (C=O) groups excluding carboxylic acids is 1. The molecule has 0 saturated carbocycles. The standard InChI is InChI=1S/C15H19BrFNO3/c1-2-10(3-6-14(19)20)7-8-18-15(21)12-5-4-11(17)9-13(12)16/h4-5,9-10H,2-3,6-8H2,1H3,(H,18,21)(H,19,20). The summed E-state index contributed by atoms with van der Waals surface area (Å²) in [7, 11) is 0. The molecular weight excluding hydrogens is 341 g/mol. The Labute approximate surface area is 131 Å². The van der Waals surface area contributed by atoms with Crippen molar-refractivity contribution in [3.05, 3.63) is 34.1 Å². The quantitative estimate of drug-likeness (QED) is 0.745. The third kappa shape index (κ3) is 6.25. The van der Waals surface area contributed by atoms with Crippen LogP contribution in [0.5, 0.6) is 0 Å². The van der Waals surface area contributed by atoms with Crippen molar-refractivity contribution < 1.29 is 19.1 Å². The van der Waals surface area contributed by atoms with E-state index in [4.69, 9.17) is 5.11 Å². The Morgan fingerprint density at radius 2 is 2.10 bits per heavy atom. The summed E-state index contributed by atoms with van der Waals surface area (Å²) in [6.45, 7) is 2.48. The van der Waals surface area contributed by atoms with Crippen LogP contribution in [0.1, 0.15) is 43.0 Å². The first-order valence-electron chi connectivity index (χ1n) is 6.89. The fourth-order valence-electron chi connectivity index (χ4n) is 2.04. The van der Waals surface area contributed by atoms with Gasteiger partial charge < -0.3 is 10.4 Å². The van der Waals surface area contributed by atoms with E-state index < -0.39 is 11.8 Å². The van der Waals surface area contributed by atoms with Gasteiger partial charge in [0.05, 0.1) is 5.56 Å². The second-order valence-electron chi connectivity index (χ2n) is 4.88. The summed E-state index contributed by atoms with van der Waals surface area (Å²) in [6, 6.07) is 3.91. The summed E-state index contributed by atoms with van der Waals surface area (Å²) >= 11 is 3.16. The van der Waals surface area contributed by atoms with Crippen LogP contribution in [-0.2, 0) is 4.79 Å². The van der Waals surface area contributed by atoms with Crippen molar-refractivity contribution in [2.24, 2.45) is 5.92 Å². The third-order valence-corrected chi connectivity index (χ3v) is 4.01. The number of hydrogen-bond acceptors (Lipinski definition) is 2. The van der Waals surface area contributed by atoms with E-state index in [1.165, 1.54) is 18.2 Å². The molecule has 0 bridgehead atoms. The second-order valence-corrected chi connectivity index (χ2v) is 5.73. The molecule has 0 radical (unpaired) electrons. The van der Waals surface area contributed by atoms with Gasteiger partial charge in [0.15, 0.2) is 0 Å². The Morgan fingerprint density at radius 3 is 2.67 bits per heavy atom. The number of carbonyl (C=O) groups is 2. The summed E-state index contributed by atoms with van der Waals surface area (Å²) in [5.74, 6) is -1.20. The molecule has 21 heavy (non-hydrogen) atoms. The molecular formula is C15H19BrFNO3. The van der Waals surface area contributed by atoms with Crippen molar-refractivity contribution in [3.8, 4) is 0 Å². The molecule has 1 aromatic rings. The lowest BCUT2D eigenvalue weighted by molar-refractivity contribution is -0.137. The zero-order valence-corrected chi connectivity index (χ0v) is 13.5. The molecule has 4 nitrogen and oxygen atoms in total. The molecule has 1 rings (SSSR count). The first-order valence-corrected chi connectivity index (χ1v) is 7.68. The van der Waals surface area contributed by atoms with Gasteiger partial charge in [-0.15, -0.1) is 0 Å². The van der Waals surface area contributed by atoms with Crippen molar-refractivity contribution in [2.75, 3.05) is 6.54 Å². The lowest BCUT2D eigenvalue weighted by Gasteiger charge is -2.14. The van der Waals surface area contributed by atoms with E-state index in [9.17, 15) is 14.0 Å². The van der Waals surface area contributed by atoms with Crippen LogP contribution in [0.2, 0.25) is 0 Å². The number of benzene rings is 1. The van der Waals surface area contributed by atoms with E-state index in [0.717, 1.165) is 12.8 Å². The van der Waals surface area contributed by atoms with Crippen LogP contribution in [0.4, 0.5) is 4.39 Å². The van der Waals surface area contributed by atoms with Crippen LogP contribution in [0.3, 0.4) is 0 Å². The van der Waals surface area contributed by atoms with Gasteiger partial charge in [-0.25, -0.2) is 4.39 Å². The average molecular weight is 360 g/mol. The Balaban J connectivity index is 2.43. The van der Waals surface area contributed by atoms with Crippen LogP contribution in [0.15, 0.2) is 22.7 Å². The molecule has 2 N–H and O–H groups in total. The van der Waals surface area contributed by atoms with Gasteiger partial charge in [-0.05, 0) is 52.9 Å². The molecule has 0 aliphatic carbocycles. The first-order chi connectivity index (χ1) is 9.93. The minimum absolute atomic E-state index is 0.149. The number of halogens is 2. The lowest BCUT2D eigenvalue weighted by Crippen LogP contribution is -2.26. The van der Waals surface area contributed by atoms with Gasteiger partial charge >= 0.3 is 5.97 Å². The van der Waals surface area contributed by atoms with E-state index in [2.05, 4.69) is 21.2 Å². The van der Waals surface area contributed by atoms with Crippen LogP contribution in [-0.4, -0.2) is 23.5 Å². The van der Waals surface area contributed by atoms with Crippen molar-refractivity contribution >= 4 is 27.8 Å². The molecule has 1 unspecified atom stereocenters. The summed E-state index contributed by atoms with van der Waals surface area (Å²) < 4.78 is 13.4. The monoisotopic (exact) mass is 359 g/mol. The predicted molar refractivity (Wildman–Crippen MR) is 81.7 cm³/mol. The maximum absolute atomic E-state index is 13.0. The van der Waals surface area contributed by atoms with Crippen molar-refractivity contribution in [1.29, 1.82) is 0 Å². The highest BCUT2D eigenvalue weighted by Gasteiger charge is 2.12. The minimum Gasteiger partial charge on any atom is -0.481 e. The van der Waals surface area contributed by atoms with Crippen LogP contribution in [0, 0.1) is 11.7 Å². The van der Waals surface area contributed by atoms with E-state index in [1.54, 1.807) is 0 Å². The summed E-state index contributed by atoms with van der Waals surface area (Å²) in [5.41, 5.74) is 0.384. The lowest BCUT2D eigenvalue weighted by atomic mass is 9.96. The number of hydrogen-bond donors (Lipinski definition) is 2. The van der Waals surface area contributed by atoms with E-state index in [0.29, 0.717) is 23.0 Å². The van der Waals surface area contributed by atoms with Crippen molar-refractivity contribution in [2.45, 2.75) is 32.6 Å². The molecule has 0 aromatic heterocycles. The average Bonchev–Trinajstić information content (AvgIpc) is 2.42. The molecule has 116 valence electrons. The smallest absolute Gasteiger partial charge is 0.303 e. The Morgan fingerprint density at radius 1 is 1.38 bits per heavy atom. The largest absolute Gasteiger partial charge is 0.481 e. The highest BCUT2D eigenvalue weighted by atomic mass is 79.9. The van der Waals surface area contributed by atoms with Gasteiger partial charge in [0.1, 0.15) is 5.82 Å². The zero-order chi connectivity index (χ0) is 15.8. The molecule has 0 heterocycles. The van der Waals surface area contributed by atoms with Gasteiger partial charge in [0.2, 0.25) is 0 Å². The highest BCUT2D eigenvalue weighted by molar-refractivity contribution is 9.10. The molecule has 1 atom stereocenters. The fraction of sp³-hybridized carbons (Fsp3) is 0.467. The Bertz CT molecular complexity index is 508. The third-order valence-electron chi connectivity index (χ3n) is 3.36. The van der Waals surface area contributed by atoms with Gasteiger partial charge in [-0.3, -0.25) is 9.59 Å². The van der Waals surface area contributed by atoms with Gasteiger partial charge in [-0.1, -0.05) is 13.3 Å². The number of aliphatic carboxylic acids is 1. The summed E-state index contributed by atoms with van der Waals surface area (Å²) in [6.07, 6.45) is 2.37. The molecule has 0 spiro atoms. The van der Waals surface area contributed by atoms with Crippen LogP contribution >= 0.6 is 15.9 Å². The van der Waals surface area contributed by atoms with Gasteiger partial charge in [0, 0.05) is 17.4 Å². The summed E-state index contributed by atoms with van der Waals surface area (Å²) in [5, 5.41) is 11.4. The Hall–Kier alpha value is -1.43. The molecule has 0 aliphatic heterocycles. The SMILES string of the molecule is CCC(CCNC(=O)c1ccc(F)cc1Br)CCC(=O)O. The van der Waals surface area contributed by atoms with E-state index in [1.807, 2.05) is 6.92 Å². The van der Waals surface area contributed by atoms with Gasteiger partial charge in [-0.2, -0.15) is 0 Å². The first kappa shape index (κ1) is 17.6. The van der Waals surface area contributed by atoms with Gasteiger partial charge in [0.25, 0.3) is 5.91 Å². The molecule has 0 saturated heterocycles. The number of carboxylic acids is 1. The number of amides is 1. The van der Waals surface area contributed by atoms with Crippen molar-refractivity contribution in [3.63, 3.8) is 0 Å². The molecule has 1 aromatic carbocycles. The number of carboxylic acid groups (broad SMARTS) is 1. The number of rotatable bonds is 8. The van der Waals surface area contributed by atoms with Crippen LogP contribution in [0.25, 0.3) is 0 Å². The van der Waals surface area contributed by atoms with Crippen molar-refractivity contribution in [1.82, 2.24) is 5.32 Å². The Kier molecular flexibility index (Phi) is 7.36. The highest BCUT2D eigenvalue weighted by Crippen LogP contribution is 2.18. The maximum Gasteiger partial charge on any atom is 0.303 e. The molecule has 6 heteroatoms. The van der Waals surface area contributed by atoms with Crippen LogP contribution < -0.4 is 5.32 Å². The fourth-order valence-corrected chi connectivity index (χ4v) is 2.57. The molecule has 0 fully saturated rings. The van der Waals surface area contributed by atoms with E-state index >= 15 is 0 Å². The minimum atomic E-state index is -0.798. The van der Waals surface area contributed by atoms with E-state index in [-0.39, 0.29) is 18.2 Å².